The van der Waals surface area contributed by atoms with Gasteiger partial charge in [0.05, 0.1) is 12.2 Å². The zero-order valence-corrected chi connectivity index (χ0v) is 11.0. The van der Waals surface area contributed by atoms with Crippen molar-refractivity contribution in [3.05, 3.63) is 24.0 Å². The van der Waals surface area contributed by atoms with E-state index in [4.69, 9.17) is 5.73 Å². The van der Waals surface area contributed by atoms with Gasteiger partial charge in [-0.3, -0.25) is 9.69 Å². The molecule has 1 aromatic carbocycles. The molecular weight excluding hydrogens is 233 g/mol. The second-order valence-corrected chi connectivity index (χ2v) is 4.44. The fraction of sp³-hybridized carbons (Fsp3) is 0.462. The van der Waals surface area contributed by atoms with E-state index in [0.29, 0.717) is 5.69 Å². The van der Waals surface area contributed by atoms with Crippen LogP contribution in [-0.2, 0) is 4.79 Å². The molecule has 0 aliphatic rings. The number of anilines is 2. The number of likely N-dealkylation sites (N-methyl/N-ethyl adjacent to an activating group) is 1. The molecule has 4 nitrogen and oxygen atoms in total. The molecule has 0 radical (unpaired) electrons. The average Bonchev–Trinajstić information content (AvgIpc) is 2.30. The lowest BCUT2D eigenvalue weighted by molar-refractivity contribution is -0.117. The topological polar surface area (TPSA) is 58.4 Å². The summed E-state index contributed by atoms with van der Waals surface area (Å²) in [7, 11) is 0. The van der Waals surface area contributed by atoms with E-state index in [1.165, 1.54) is 18.2 Å². The van der Waals surface area contributed by atoms with Crippen molar-refractivity contribution in [2.24, 2.45) is 0 Å². The summed E-state index contributed by atoms with van der Waals surface area (Å²) in [6.07, 6.45) is 0. The Morgan fingerprint density at radius 3 is 2.72 bits per heavy atom. The highest BCUT2D eigenvalue weighted by Gasteiger charge is 2.13. The van der Waals surface area contributed by atoms with E-state index in [-0.39, 0.29) is 24.2 Å². The molecule has 0 heterocycles. The van der Waals surface area contributed by atoms with E-state index in [1.54, 1.807) is 0 Å². The fourth-order valence-corrected chi connectivity index (χ4v) is 1.67. The lowest BCUT2D eigenvalue weighted by Crippen LogP contribution is -2.37. The summed E-state index contributed by atoms with van der Waals surface area (Å²) in [4.78, 5) is 13.8. The lowest BCUT2D eigenvalue weighted by Gasteiger charge is -2.23. The molecule has 0 bridgehead atoms. The number of rotatable bonds is 5. The van der Waals surface area contributed by atoms with Crippen molar-refractivity contribution in [3.8, 4) is 0 Å². The van der Waals surface area contributed by atoms with Crippen molar-refractivity contribution >= 4 is 17.3 Å². The molecule has 0 atom stereocenters. The molecule has 0 aliphatic carbocycles. The Kier molecular flexibility index (Phi) is 5.09. The van der Waals surface area contributed by atoms with E-state index >= 15 is 0 Å². The average molecular weight is 253 g/mol. The molecule has 18 heavy (non-hydrogen) atoms. The van der Waals surface area contributed by atoms with E-state index in [1.807, 2.05) is 25.7 Å². The van der Waals surface area contributed by atoms with Crippen LogP contribution in [0.3, 0.4) is 0 Å². The van der Waals surface area contributed by atoms with E-state index in [2.05, 4.69) is 5.32 Å². The second kappa shape index (κ2) is 6.35. The highest BCUT2D eigenvalue weighted by Crippen LogP contribution is 2.17. The monoisotopic (exact) mass is 253 g/mol. The summed E-state index contributed by atoms with van der Waals surface area (Å²) in [5.41, 5.74) is 6.09. The number of carbonyl (C=O) groups excluding carboxylic acids is 1. The molecule has 1 amide bonds. The molecule has 0 unspecified atom stereocenters. The van der Waals surface area contributed by atoms with Gasteiger partial charge in [-0.1, -0.05) is 6.92 Å². The van der Waals surface area contributed by atoms with Crippen LogP contribution >= 0.6 is 0 Å². The van der Waals surface area contributed by atoms with Crippen LogP contribution in [-0.4, -0.2) is 29.9 Å². The molecule has 0 fully saturated rings. The van der Waals surface area contributed by atoms with Crippen LogP contribution < -0.4 is 11.1 Å². The molecule has 0 aromatic heterocycles. The van der Waals surface area contributed by atoms with Crippen LogP contribution in [0.15, 0.2) is 18.2 Å². The zero-order valence-electron chi connectivity index (χ0n) is 11.0. The van der Waals surface area contributed by atoms with Crippen molar-refractivity contribution < 1.29 is 9.18 Å². The fourth-order valence-electron chi connectivity index (χ4n) is 1.67. The number of halogens is 1. The van der Waals surface area contributed by atoms with Crippen LogP contribution in [0.5, 0.6) is 0 Å². The lowest BCUT2D eigenvalue weighted by atomic mass is 10.2. The van der Waals surface area contributed by atoms with Gasteiger partial charge in [-0.2, -0.15) is 0 Å². The van der Waals surface area contributed by atoms with Crippen molar-refractivity contribution in [2.75, 3.05) is 24.1 Å². The molecular formula is C13H20FN3O. The number of benzene rings is 1. The maximum absolute atomic E-state index is 13.4. The van der Waals surface area contributed by atoms with Crippen molar-refractivity contribution in [3.63, 3.8) is 0 Å². The summed E-state index contributed by atoms with van der Waals surface area (Å²) in [5.74, 6) is -0.722. The molecule has 1 rings (SSSR count). The number of nitrogen functional groups attached to an aromatic ring is 1. The van der Waals surface area contributed by atoms with Gasteiger partial charge in [-0.25, -0.2) is 4.39 Å². The summed E-state index contributed by atoms with van der Waals surface area (Å²) >= 11 is 0. The Bertz CT molecular complexity index is 421. The first-order chi connectivity index (χ1) is 8.43. The van der Waals surface area contributed by atoms with Gasteiger partial charge in [0.1, 0.15) is 5.82 Å². The minimum Gasteiger partial charge on any atom is -0.399 e. The SMILES string of the molecule is CCN(CC(=O)Nc1cc(N)ccc1F)C(C)C. The van der Waals surface area contributed by atoms with Crippen LogP contribution in [0.25, 0.3) is 0 Å². The number of hydrogen-bond donors (Lipinski definition) is 2. The summed E-state index contributed by atoms with van der Waals surface area (Å²) in [6.45, 7) is 7.01. The predicted octanol–water partition coefficient (Wildman–Crippen LogP) is 2.08. The maximum Gasteiger partial charge on any atom is 0.238 e. The van der Waals surface area contributed by atoms with Gasteiger partial charge in [-0.15, -0.1) is 0 Å². The van der Waals surface area contributed by atoms with Gasteiger partial charge < -0.3 is 11.1 Å². The highest BCUT2D eigenvalue weighted by atomic mass is 19.1. The van der Waals surface area contributed by atoms with Crippen molar-refractivity contribution in [1.29, 1.82) is 0 Å². The Balaban J connectivity index is 2.67. The third-order valence-electron chi connectivity index (χ3n) is 2.75. The van der Waals surface area contributed by atoms with Gasteiger partial charge in [0.2, 0.25) is 5.91 Å². The second-order valence-electron chi connectivity index (χ2n) is 4.44. The summed E-state index contributed by atoms with van der Waals surface area (Å²) in [6, 6.07) is 4.38. The largest absolute Gasteiger partial charge is 0.399 e. The molecule has 1 aromatic rings. The Morgan fingerprint density at radius 2 is 2.17 bits per heavy atom. The number of nitrogens with two attached hydrogens (primary N) is 1. The molecule has 100 valence electrons. The number of hydrogen-bond acceptors (Lipinski definition) is 3. The van der Waals surface area contributed by atoms with E-state index in [0.717, 1.165) is 6.54 Å². The highest BCUT2D eigenvalue weighted by molar-refractivity contribution is 5.92. The van der Waals surface area contributed by atoms with Gasteiger partial charge in [0, 0.05) is 11.7 Å². The van der Waals surface area contributed by atoms with Crippen LogP contribution in [0.4, 0.5) is 15.8 Å². The third kappa shape index (κ3) is 4.00. The Morgan fingerprint density at radius 1 is 1.50 bits per heavy atom. The number of nitrogens with zero attached hydrogens (tertiary/aromatic N) is 1. The number of amides is 1. The molecule has 0 saturated carbocycles. The quantitative estimate of drug-likeness (QED) is 0.790. The first kappa shape index (κ1) is 14.4. The normalized spacial score (nSPS) is 11.0. The summed E-state index contributed by atoms with van der Waals surface area (Å²) < 4.78 is 13.4. The van der Waals surface area contributed by atoms with E-state index < -0.39 is 5.82 Å². The van der Waals surface area contributed by atoms with E-state index in [9.17, 15) is 9.18 Å². The number of nitrogens with one attached hydrogen (secondary N) is 1. The molecule has 0 spiro atoms. The summed E-state index contributed by atoms with van der Waals surface area (Å²) in [5, 5.41) is 2.54. The standard InChI is InChI=1S/C13H20FN3O/c1-4-17(9(2)3)8-13(18)16-12-7-10(15)5-6-11(12)14/h5-7,9H,4,8,15H2,1-3H3,(H,16,18). The molecule has 3 N–H and O–H groups in total. The van der Waals surface area contributed by atoms with Crippen molar-refractivity contribution in [1.82, 2.24) is 4.90 Å². The Hall–Kier alpha value is -1.62. The first-order valence-electron chi connectivity index (χ1n) is 6.03. The first-order valence-corrected chi connectivity index (χ1v) is 6.03. The maximum atomic E-state index is 13.4. The minimum absolute atomic E-state index is 0.125. The van der Waals surface area contributed by atoms with Gasteiger partial charge in [0.25, 0.3) is 0 Å². The number of carbonyl (C=O) groups is 1. The molecule has 0 saturated heterocycles. The Labute approximate surface area is 107 Å². The van der Waals surface area contributed by atoms with Gasteiger partial charge in [0.15, 0.2) is 0 Å². The van der Waals surface area contributed by atoms with Crippen LogP contribution in [0, 0.1) is 5.82 Å². The van der Waals surface area contributed by atoms with Gasteiger partial charge in [-0.05, 0) is 38.6 Å². The van der Waals surface area contributed by atoms with Crippen LogP contribution in [0.2, 0.25) is 0 Å². The smallest absolute Gasteiger partial charge is 0.238 e. The molecule has 5 heteroatoms. The molecule has 0 aliphatic heterocycles. The predicted molar refractivity (Wildman–Crippen MR) is 71.8 cm³/mol. The van der Waals surface area contributed by atoms with Crippen LogP contribution in [0.1, 0.15) is 20.8 Å². The van der Waals surface area contributed by atoms with Gasteiger partial charge >= 0.3 is 0 Å². The zero-order chi connectivity index (χ0) is 13.7. The minimum atomic E-state index is -0.481. The van der Waals surface area contributed by atoms with Crippen molar-refractivity contribution in [2.45, 2.75) is 26.8 Å². The third-order valence-corrected chi connectivity index (χ3v) is 2.75.